The summed E-state index contributed by atoms with van der Waals surface area (Å²) in [6.45, 7) is 3.64. The summed E-state index contributed by atoms with van der Waals surface area (Å²) in [5, 5.41) is 2.96. The summed E-state index contributed by atoms with van der Waals surface area (Å²) in [5.41, 5.74) is 0. The van der Waals surface area contributed by atoms with Crippen LogP contribution in [0.3, 0.4) is 0 Å². The van der Waals surface area contributed by atoms with Gasteiger partial charge >= 0.3 is 0 Å². The minimum atomic E-state index is -2.50. The van der Waals surface area contributed by atoms with Crippen LogP contribution in [-0.2, 0) is 0 Å². The maximum atomic E-state index is 11.9. The molecule has 1 aromatic heterocycles. The van der Waals surface area contributed by atoms with Crippen LogP contribution in [0.5, 0.6) is 5.88 Å². The fourth-order valence-electron chi connectivity index (χ4n) is 1.03. The molecule has 1 aromatic rings. The quantitative estimate of drug-likeness (QED) is 0.817. The molecule has 0 saturated heterocycles. The minimum absolute atomic E-state index is 0.166. The maximum absolute atomic E-state index is 11.9. The highest BCUT2D eigenvalue weighted by Crippen LogP contribution is 2.13. The van der Waals surface area contributed by atoms with E-state index in [0.717, 1.165) is 0 Å². The molecule has 1 heterocycles. The molecule has 0 aliphatic heterocycles. The van der Waals surface area contributed by atoms with Gasteiger partial charge in [0.25, 0.3) is 6.43 Å². The predicted octanol–water partition coefficient (Wildman–Crippen LogP) is 1.86. The number of alkyl halides is 2. The van der Waals surface area contributed by atoms with Gasteiger partial charge in [-0.25, -0.2) is 13.8 Å². The van der Waals surface area contributed by atoms with E-state index in [-0.39, 0.29) is 5.88 Å². The van der Waals surface area contributed by atoms with E-state index < -0.39 is 13.0 Å². The molecule has 0 atom stereocenters. The number of nitrogens with zero attached hydrogens (tertiary/aromatic N) is 2. The second kappa shape index (κ2) is 5.43. The second-order valence-corrected chi connectivity index (χ2v) is 2.87. The van der Waals surface area contributed by atoms with E-state index in [1.165, 1.54) is 6.07 Å². The van der Waals surface area contributed by atoms with Gasteiger partial charge in [0.2, 0.25) is 5.88 Å². The number of rotatable bonds is 5. The average molecular weight is 217 g/mol. The van der Waals surface area contributed by atoms with Crippen molar-refractivity contribution < 1.29 is 13.5 Å². The van der Waals surface area contributed by atoms with Crippen LogP contribution in [0.2, 0.25) is 0 Å². The van der Waals surface area contributed by atoms with Gasteiger partial charge in [-0.2, -0.15) is 4.98 Å². The van der Waals surface area contributed by atoms with Gasteiger partial charge in [-0.3, -0.25) is 0 Å². The molecule has 0 aliphatic carbocycles. The summed E-state index contributed by atoms with van der Waals surface area (Å²) in [7, 11) is 0. The first kappa shape index (κ1) is 11.6. The van der Waals surface area contributed by atoms with Gasteiger partial charge in [-0.1, -0.05) is 0 Å². The van der Waals surface area contributed by atoms with Crippen molar-refractivity contribution in [2.75, 3.05) is 18.5 Å². The zero-order chi connectivity index (χ0) is 11.3. The largest absolute Gasteiger partial charge is 0.471 e. The molecule has 0 fully saturated rings. The average Bonchev–Trinajstić information content (AvgIpc) is 2.14. The highest BCUT2D eigenvalue weighted by molar-refractivity contribution is 5.38. The lowest BCUT2D eigenvalue weighted by Crippen LogP contribution is -2.09. The fourth-order valence-corrected chi connectivity index (χ4v) is 1.03. The Hall–Kier alpha value is -1.46. The van der Waals surface area contributed by atoms with Gasteiger partial charge in [0, 0.05) is 12.6 Å². The number of nitrogens with one attached hydrogen (secondary N) is 1. The minimum Gasteiger partial charge on any atom is -0.471 e. The summed E-state index contributed by atoms with van der Waals surface area (Å²) in [6, 6.07) is 1.50. The Morgan fingerprint density at radius 3 is 2.80 bits per heavy atom. The number of aryl methyl sites for hydroxylation is 1. The number of hydrogen-bond acceptors (Lipinski definition) is 4. The van der Waals surface area contributed by atoms with Crippen LogP contribution in [-0.4, -0.2) is 29.5 Å². The fraction of sp³-hybridized carbons (Fsp3) is 0.556. The first-order chi connectivity index (χ1) is 7.11. The molecule has 0 saturated carbocycles. The van der Waals surface area contributed by atoms with Gasteiger partial charge in [0.15, 0.2) is 6.61 Å². The molecular formula is C9H13F2N3O. The summed E-state index contributed by atoms with van der Waals surface area (Å²) >= 11 is 0. The molecule has 1 rings (SSSR count). The van der Waals surface area contributed by atoms with Gasteiger partial charge in [-0.05, 0) is 13.8 Å². The van der Waals surface area contributed by atoms with E-state index in [4.69, 9.17) is 4.74 Å². The standard InChI is InChI=1S/C9H13F2N3O/c1-3-12-8-4-9(14-6(2)13-8)15-5-7(10)11/h4,7H,3,5H2,1-2H3,(H,12,13,14). The van der Waals surface area contributed by atoms with Crippen LogP contribution < -0.4 is 10.1 Å². The zero-order valence-electron chi connectivity index (χ0n) is 8.63. The van der Waals surface area contributed by atoms with Gasteiger partial charge in [0.1, 0.15) is 11.6 Å². The first-order valence-electron chi connectivity index (χ1n) is 4.62. The third-order valence-corrected chi connectivity index (χ3v) is 1.53. The molecule has 0 aliphatic rings. The molecule has 0 aromatic carbocycles. The molecular weight excluding hydrogens is 204 g/mol. The van der Waals surface area contributed by atoms with Crippen molar-refractivity contribution in [2.45, 2.75) is 20.3 Å². The van der Waals surface area contributed by atoms with E-state index in [9.17, 15) is 8.78 Å². The summed E-state index contributed by atoms with van der Waals surface area (Å²) < 4.78 is 28.6. The number of aromatic nitrogens is 2. The molecule has 6 heteroatoms. The van der Waals surface area contributed by atoms with Crippen molar-refractivity contribution >= 4 is 5.82 Å². The Balaban J connectivity index is 2.70. The molecule has 0 unspecified atom stereocenters. The second-order valence-electron chi connectivity index (χ2n) is 2.87. The van der Waals surface area contributed by atoms with Crippen molar-refractivity contribution in [3.8, 4) is 5.88 Å². The van der Waals surface area contributed by atoms with E-state index in [1.807, 2.05) is 6.92 Å². The van der Waals surface area contributed by atoms with Crippen LogP contribution in [0.4, 0.5) is 14.6 Å². The highest BCUT2D eigenvalue weighted by Gasteiger charge is 2.06. The lowest BCUT2D eigenvalue weighted by atomic mass is 10.5. The van der Waals surface area contributed by atoms with Crippen LogP contribution in [0.25, 0.3) is 0 Å². The molecule has 4 nitrogen and oxygen atoms in total. The Morgan fingerprint density at radius 2 is 2.20 bits per heavy atom. The number of halogens is 2. The molecule has 84 valence electrons. The number of ether oxygens (including phenoxy) is 1. The van der Waals surface area contributed by atoms with Crippen LogP contribution in [0, 0.1) is 6.92 Å². The molecule has 15 heavy (non-hydrogen) atoms. The maximum Gasteiger partial charge on any atom is 0.272 e. The van der Waals surface area contributed by atoms with E-state index in [2.05, 4.69) is 15.3 Å². The lowest BCUT2D eigenvalue weighted by molar-refractivity contribution is 0.0794. The molecule has 0 radical (unpaired) electrons. The Morgan fingerprint density at radius 1 is 1.47 bits per heavy atom. The SMILES string of the molecule is CCNc1cc(OCC(F)F)nc(C)n1. The van der Waals surface area contributed by atoms with Crippen molar-refractivity contribution in [3.05, 3.63) is 11.9 Å². The van der Waals surface area contributed by atoms with Crippen molar-refractivity contribution in [1.82, 2.24) is 9.97 Å². The normalized spacial score (nSPS) is 10.5. The van der Waals surface area contributed by atoms with Crippen LogP contribution in [0.15, 0.2) is 6.07 Å². The Bertz CT molecular complexity index is 320. The summed E-state index contributed by atoms with van der Waals surface area (Å²) in [5.74, 6) is 1.23. The van der Waals surface area contributed by atoms with E-state index in [1.54, 1.807) is 6.92 Å². The Labute approximate surface area is 86.7 Å². The Kier molecular flexibility index (Phi) is 4.20. The molecule has 0 amide bonds. The summed E-state index contributed by atoms with van der Waals surface area (Å²) in [4.78, 5) is 7.94. The van der Waals surface area contributed by atoms with Crippen molar-refractivity contribution in [2.24, 2.45) is 0 Å². The van der Waals surface area contributed by atoms with Crippen LogP contribution in [0.1, 0.15) is 12.7 Å². The molecule has 0 bridgehead atoms. The monoisotopic (exact) mass is 217 g/mol. The van der Waals surface area contributed by atoms with E-state index in [0.29, 0.717) is 18.2 Å². The third kappa shape index (κ3) is 4.05. The smallest absolute Gasteiger partial charge is 0.272 e. The molecule has 0 spiro atoms. The molecule has 1 N–H and O–H groups in total. The van der Waals surface area contributed by atoms with Gasteiger partial charge in [0.05, 0.1) is 0 Å². The van der Waals surface area contributed by atoms with E-state index >= 15 is 0 Å². The number of hydrogen-bond donors (Lipinski definition) is 1. The topological polar surface area (TPSA) is 47.0 Å². The van der Waals surface area contributed by atoms with Crippen molar-refractivity contribution in [3.63, 3.8) is 0 Å². The van der Waals surface area contributed by atoms with Gasteiger partial charge in [-0.15, -0.1) is 0 Å². The first-order valence-corrected chi connectivity index (χ1v) is 4.62. The predicted molar refractivity (Wildman–Crippen MR) is 52.4 cm³/mol. The van der Waals surface area contributed by atoms with Crippen molar-refractivity contribution in [1.29, 1.82) is 0 Å². The lowest BCUT2D eigenvalue weighted by Gasteiger charge is -2.07. The van der Waals surface area contributed by atoms with Gasteiger partial charge < -0.3 is 10.1 Å². The third-order valence-electron chi connectivity index (χ3n) is 1.53. The number of anilines is 1. The highest BCUT2D eigenvalue weighted by atomic mass is 19.3. The zero-order valence-corrected chi connectivity index (χ0v) is 8.63. The summed E-state index contributed by atoms with van der Waals surface area (Å²) in [6.07, 6.45) is -2.50. The van der Waals surface area contributed by atoms with Crippen LogP contribution >= 0.6 is 0 Å².